The number of phenolic OH excluding ortho intramolecular Hbond substituents is 1. The van der Waals surface area contributed by atoms with Crippen LogP contribution >= 0.6 is 0 Å². The van der Waals surface area contributed by atoms with Crippen molar-refractivity contribution in [2.24, 2.45) is 0 Å². The number of hydrogen-bond acceptors (Lipinski definition) is 5. The van der Waals surface area contributed by atoms with E-state index in [-0.39, 0.29) is 30.8 Å². The minimum absolute atomic E-state index is 0.0478. The predicted octanol–water partition coefficient (Wildman–Crippen LogP) is 5.82. The molecular formula is C30H26O5. The highest BCUT2D eigenvalue weighted by molar-refractivity contribution is 5.71. The SMILES string of the molecule is O=C(COc1ccc(C2c3ccc(O)cc3OCC2c2ccccc2)cc1)OCc1ccccc1. The van der Waals surface area contributed by atoms with E-state index >= 15 is 0 Å². The van der Waals surface area contributed by atoms with E-state index < -0.39 is 5.97 Å². The smallest absolute Gasteiger partial charge is 0.344 e. The fourth-order valence-electron chi connectivity index (χ4n) is 4.49. The van der Waals surface area contributed by atoms with E-state index in [4.69, 9.17) is 14.2 Å². The summed E-state index contributed by atoms with van der Waals surface area (Å²) in [6.07, 6.45) is 0. The number of fused-ring (bicyclic) bond motifs is 1. The topological polar surface area (TPSA) is 65.0 Å². The molecule has 0 spiro atoms. The monoisotopic (exact) mass is 466 g/mol. The zero-order valence-electron chi connectivity index (χ0n) is 19.2. The summed E-state index contributed by atoms with van der Waals surface area (Å²) in [6, 6.07) is 32.9. The molecule has 4 aromatic carbocycles. The van der Waals surface area contributed by atoms with Crippen molar-refractivity contribution >= 4 is 5.97 Å². The fraction of sp³-hybridized carbons (Fsp3) is 0.167. The number of carbonyl (C=O) groups is 1. The fourth-order valence-corrected chi connectivity index (χ4v) is 4.49. The zero-order valence-corrected chi connectivity index (χ0v) is 19.2. The number of hydrogen-bond donors (Lipinski definition) is 1. The summed E-state index contributed by atoms with van der Waals surface area (Å²) in [7, 11) is 0. The molecule has 35 heavy (non-hydrogen) atoms. The molecular weight excluding hydrogens is 440 g/mol. The Balaban J connectivity index is 1.30. The van der Waals surface area contributed by atoms with E-state index in [1.165, 1.54) is 5.56 Å². The van der Waals surface area contributed by atoms with Crippen LogP contribution in [0.1, 0.15) is 34.1 Å². The first kappa shape index (κ1) is 22.5. The largest absolute Gasteiger partial charge is 0.508 e. The second kappa shape index (κ2) is 10.3. The van der Waals surface area contributed by atoms with Gasteiger partial charge in [-0.1, -0.05) is 78.9 Å². The summed E-state index contributed by atoms with van der Waals surface area (Å²) in [4.78, 5) is 12.1. The highest BCUT2D eigenvalue weighted by Gasteiger charge is 2.33. The van der Waals surface area contributed by atoms with Crippen molar-refractivity contribution in [3.05, 3.63) is 125 Å². The predicted molar refractivity (Wildman–Crippen MR) is 133 cm³/mol. The van der Waals surface area contributed by atoms with Gasteiger partial charge in [0.15, 0.2) is 6.61 Å². The van der Waals surface area contributed by atoms with Gasteiger partial charge in [-0.15, -0.1) is 0 Å². The summed E-state index contributed by atoms with van der Waals surface area (Å²) in [5, 5.41) is 9.94. The van der Waals surface area contributed by atoms with Crippen molar-refractivity contribution in [2.45, 2.75) is 18.4 Å². The first-order chi connectivity index (χ1) is 17.2. The molecule has 1 aliphatic heterocycles. The molecule has 0 saturated heterocycles. The normalized spacial score (nSPS) is 16.6. The second-order valence-electron chi connectivity index (χ2n) is 8.53. The van der Waals surface area contributed by atoms with Gasteiger partial charge in [0.05, 0.1) is 6.61 Å². The Kier molecular flexibility index (Phi) is 6.66. The van der Waals surface area contributed by atoms with Crippen LogP contribution < -0.4 is 9.47 Å². The van der Waals surface area contributed by atoms with Crippen molar-refractivity contribution in [3.8, 4) is 17.2 Å². The van der Waals surface area contributed by atoms with Gasteiger partial charge in [0.2, 0.25) is 0 Å². The van der Waals surface area contributed by atoms with Gasteiger partial charge in [-0.3, -0.25) is 0 Å². The van der Waals surface area contributed by atoms with Gasteiger partial charge in [-0.05, 0) is 34.9 Å². The summed E-state index contributed by atoms with van der Waals surface area (Å²) < 4.78 is 17.0. The van der Waals surface area contributed by atoms with E-state index in [0.717, 1.165) is 16.7 Å². The van der Waals surface area contributed by atoms with Crippen LogP contribution in [0.3, 0.4) is 0 Å². The molecule has 5 nitrogen and oxygen atoms in total. The molecule has 5 rings (SSSR count). The number of phenols is 1. The molecule has 0 saturated carbocycles. The maximum atomic E-state index is 12.1. The molecule has 176 valence electrons. The molecule has 2 atom stereocenters. The standard InChI is InChI=1S/C30H26O5/c31-24-13-16-26-28(17-24)34-19-27(22-9-5-2-6-10-22)30(26)23-11-14-25(15-12-23)33-20-29(32)35-18-21-7-3-1-4-8-21/h1-17,27,30-31H,18-20H2. The van der Waals surface area contributed by atoms with Gasteiger partial charge in [0.25, 0.3) is 0 Å². The highest BCUT2D eigenvalue weighted by Crippen LogP contribution is 2.47. The average Bonchev–Trinajstić information content (AvgIpc) is 2.91. The van der Waals surface area contributed by atoms with Crippen LogP contribution in [0.5, 0.6) is 17.2 Å². The molecule has 0 bridgehead atoms. The minimum atomic E-state index is -0.416. The molecule has 0 fully saturated rings. The lowest BCUT2D eigenvalue weighted by Crippen LogP contribution is -2.25. The summed E-state index contributed by atoms with van der Waals surface area (Å²) in [5.74, 6) is 1.23. The molecule has 0 radical (unpaired) electrons. The van der Waals surface area contributed by atoms with Crippen molar-refractivity contribution in [3.63, 3.8) is 0 Å². The van der Waals surface area contributed by atoms with E-state index in [2.05, 4.69) is 12.1 Å². The maximum Gasteiger partial charge on any atom is 0.344 e. The van der Waals surface area contributed by atoms with Crippen LogP contribution in [-0.4, -0.2) is 24.3 Å². The van der Waals surface area contributed by atoms with Crippen molar-refractivity contribution in [2.75, 3.05) is 13.2 Å². The maximum absolute atomic E-state index is 12.1. The first-order valence-corrected chi connectivity index (χ1v) is 11.6. The van der Waals surface area contributed by atoms with E-state index in [1.54, 1.807) is 12.1 Å². The third-order valence-corrected chi connectivity index (χ3v) is 6.22. The Hall–Kier alpha value is -4.25. The van der Waals surface area contributed by atoms with Crippen LogP contribution in [0.2, 0.25) is 0 Å². The van der Waals surface area contributed by atoms with Crippen LogP contribution in [0.25, 0.3) is 0 Å². The Bertz CT molecular complexity index is 1270. The van der Waals surface area contributed by atoms with Crippen LogP contribution in [-0.2, 0) is 16.1 Å². The Labute approximate surface area is 204 Å². The number of carbonyl (C=O) groups excluding carboxylic acids is 1. The Morgan fingerprint density at radius 2 is 1.57 bits per heavy atom. The van der Waals surface area contributed by atoms with Crippen LogP contribution in [0, 0.1) is 0 Å². The molecule has 1 heterocycles. The minimum Gasteiger partial charge on any atom is -0.508 e. The van der Waals surface area contributed by atoms with Gasteiger partial charge < -0.3 is 19.3 Å². The van der Waals surface area contributed by atoms with Crippen LogP contribution in [0.4, 0.5) is 0 Å². The number of benzene rings is 4. The van der Waals surface area contributed by atoms with Crippen molar-refractivity contribution < 1.29 is 24.1 Å². The molecule has 5 heteroatoms. The van der Waals surface area contributed by atoms with E-state index in [0.29, 0.717) is 18.1 Å². The second-order valence-corrected chi connectivity index (χ2v) is 8.53. The lowest BCUT2D eigenvalue weighted by Gasteiger charge is -2.34. The molecule has 1 N–H and O–H groups in total. The number of aromatic hydroxyl groups is 1. The lowest BCUT2D eigenvalue weighted by atomic mass is 9.76. The molecule has 1 aliphatic rings. The lowest BCUT2D eigenvalue weighted by molar-refractivity contribution is -0.147. The van der Waals surface area contributed by atoms with Gasteiger partial charge in [-0.2, -0.15) is 0 Å². The molecule has 4 aromatic rings. The quantitative estimate of drug-likeness (QED) is 0.348. The van der Waals surface area contributed by atoms with Gasteiger partial charge in [0, 0.05) is 23.5 Å². The van der Waals surface area contributed by atoms with Crippen molar-refractivity contribution in [1.82, 2.24) is 0 Å². The zero-order chi connectivity index (χ0) is 24.0. The van der Waals surface area contributed by atoms with E-state index in [9.17, 15) is 9.90 Å². The van der Waals surface area contributed by atoms with Gasteiger partial charge in [-0.25, -0.2) is 4.79 Å². The Morgan fingerprint density at radius 1 is 0.857 bits per heavy atom. The molecule has 0 amide bonds. The number of rotatable bonds is 7. The first-order valence-electron chi connectivity index (χ1n) is 11.6. The van der Waals surface area contributed by atoms with E-state index in [1.807, 2.05) is 78.9 Å². The summed E-state index contributed by atoms with van der Waals surface area (Å²) in [6.45, 7) is 0.580. The number of ether oxygens (including phenoxy) is 3. The van der Waals surface area contributed by atoms with Gasteiger partial charge >= 0.3 is 5.97 Å². The summed E-state index contributed by atoms with van der Waals surface area (Å²) in [5.41, 5.74) is 4.26. The van der Waals surface area contributed by atoms with Gasteiger partial charge in [0.1, 0.15) is 23.9 Å². The summed E-state index contributed by atoms with van der Waals surface area (Å²) >= 11 is 0. The molecule has 2 unspecified atom stereocenters. The third kappa shape index (κ3) is 5.30. The Morgan fingerprint density at radius 3 is 2.31 bits per heavy atom. The van der Waals surface area contributed by atoms with Crippen LogP contribution in [0.15, 0.2) is 103 Å². The number of esters is 1. The third-order valence-electron chi connectivity index (χ3n) is 6.22. The average molecular weight is 467 g/mol. The highest BCUT2D eigenvalue weighted by atomic mass is 16.6. The molecule has 0 aliphatic carbocycles. The van der Waals surface area contributed by atoms with Crippen molar-refractivity contribution in [1.29, 1.82) is 0 Å². The molecule has 0 aromatic heterocycles.